The van der Waals surface area contributed by atoms with Crippen molar-refractivity contribution in [3.05, 3.63) is 46.7 Å². The molecule has 19 heavy (non-hydrogen) atoms. The summed E-state index contributed by atoms with van der Waals surface area (Å²) >= 11 is 1.69. The zero-order valence-electron chi connectivity index (χ0n) is 11.0. The maximum absolute atomic E-state index is 4.40. The van der Waals surface area contributed by atoms with Crippen LogP contribution in [0.15, 0.2) is 35.4 Å². The second-order valence-electron chi connectivity index (χ2n) is 5.14. The van der Waals surface area contributed by atoms with Gasteiger partial charge >= 0.3 is 0 Å². The summed E-state index contributed by atoms with van der Waals surface area (Å²) in [6, 6.07) is 4.97. The SMILES string of the molecule is c1cc(CC[C@@H]2CCCN2Cc2cscn2)ccn1. The molecule has 1 saturated heterocycles. The fraction of sp³-hybridized carbons (Fsp3) is 0.467. The smallest absolute Gasteiger partial charge is 0.0795 e. The predicted octanol–water partition coefficient (Wildman–Crippen LogP) is 3.14. The van der Waals surface area contributed by atoms with Crippen LogP contribution in [-0.4, -0.2) is 27.5 Å². The van der Waals surface area contributed by atoms with E-state index in [1.54, 1.807) is 11.3 Å². The Kier molecular flexibility index (Phi) is 4.20. The third-order valence-electron chi connectivity index (χ3n) is 3.86. The summed E-state index contributed by atoms with van der Waals surface area (Å²) in [5.41, 5.74) is 4.55. The van der Waals surface area contributed by atoms with Gasteiger partial charge in [-0.1, -0.05) is 0 Å². The second-order valence-corrected chi connectivity index (χ2v) is 5.86. The molecule has 0 N–H and O–H groups in total. The first kappa shape index (κ1) is 12.8. The molecule has 0 aliphatic carbocycles. The van der Waals surface area contributed by atoms with Gasteiger partial charge in [-0.15, -0.1) is 11.3 Å². The quantitative estimate of drug-likeness (QED) is 0.838. The summed E-state index contributed by atoms with van der Waals surface area (Å²) in [5.74, 6) is 0. The first-order valence-corrected chi connectivity index (χ1v) is 7.86. The number of pyridine rings is 1. The van der Waals surface area contributed by atoms with Crippen molar-refractivity contribution in [1.82, 2.24) is 14.9 Å². The van der Waals surface area contributed by atoms with E-state index < -0.39 is 0 Å². The van der Waals surface area contributed by atoms with Crippen LogP contribution in [0.4, 0.5) is 0 Å². The molecule has 0 unspecified atom stereocenters. The maximum atomic E-state index is 4.40. The van der Waals surface area contributed by atoms with E-state index in [0.717, 1.165) is 19.0 Å². The molecule has 1 atom stereocenters. The van der Waals surface area contributed by atoms with Crippen molar-refractivity contribution in [2.45, 2.75) is 38.3 Å². The van der Waals surface area contributed by atoms with E-state index in [-0.39, 0.29) is 0 Å². The van der Waals surface area contributed by atoms with Crippen molar-refractivity contribution in [3.63, 3.8) is 0 Å². The van der Waals surface area contributed by atoms with Gasteiger partial charge in [-0.3, -0.25) is 9.88 Å². The van der Waals surface area contributed by atoms with Crippen molar-refractivity contribution in [3.8, 4) is 0 Å². The fourth-order valence-electron chi connectivity index (χ4n) is 2.84. The zero-order chi connectivity index (χ0) is 12.9. The molecule has 3 heterocycles. The molecule has 3 rings (SSSR count). The highest BCUT2D eigenvalue weighted by Crippen LogP contribution is 2.23. The van der Waals surface area contributed by atoms with E-state index in [1.165, 1.54) is 37.1 Å². The lowest BCUT2D eigenvalue weighted by atomic mass is 10.0. The maximum Gasteiger partial charge on any atom is 0.0795 e. The van der Waals surface area contributed by atoms with Gasteiger partial charge in [-0.2, -0.15) is 0 Å². The molecule has 0 aromatic carbocycles. The van der Waals surface area contributed by atoms with Crippen LogP contribution < -0.4 is 0 Å². The number of thiazole rings is 1. The average molecular weight is 273 g/mol. The van der Waals surface area contributed by atoms with Gasteiger partial charge < -0.3 is 0 Å². The monoisotopic (exact) mass is 273 g/mol. The minimum atomic E-state index is 0.717. The van der Waals surface area contributed by atoms with Crippen LogP contribution in [0.25, 0.3) is 0 Å². The van der Waals surface area contributed by atoms with Crippen molar-refractivity contribution in [2.75, 3.05) is 6.54 Å². The Morgan fingerprint density at radius 2 is 2.21 bits per heavy atom. The van der Waals surface area contributed by atoms with Gasteiger partial charge in [0.25, 0.3) is 0 Å². The van der Waals surface area contributed by atoms with E-state index >= 15 is 0 Å². The lowest BCUT2D eigenvalue weighted by molar-refractivity contribution is 0.232. The molecule has 4 heteroatoms. The van der Waals surface area contributed by atoms with Gasteiger partial charge in [0.15, 0.2) is 0 Å². The molecular weight excluding hydrogens is 254 g/mol. The number of aryl methyl sites for hydroxylation is 1. The van der Waals surface area contributed by atoms with E-state index in [4.69, 9.17) is 0 Å². The standard InChI is InChI=1S/C15H19N3S/c1-2-15(4-3-13-5-7-16-8-6-13)18(9-1)10-14-11-19-12-17-14/h5-8,11-12,15H,1-4,9-10H2/t15-/m0/s1. The summed E-state index contributed by atoms with van der Waals surface area (Å²) in [5, 5.41) is 2.16. The van der Waals surface area contributed by atoms with Crippen molar-refractivity contribution in [2.24, 2.45) is 0 Å². The molecule has 0 spiro atoms. The molecule has 100 valence electrons. The van der Waals surface area contributed by atoms with Crippen LogP contribution in [0.2, 0.25) is 0 Å². The Hall–Kier alpha value is -1.26. The predicted molar refractivity (Wildman–Crippen MR) is 78.1 cm³/mol. The molecule has 0 bridgehead atoms. The number of hydrogen-bond acceptors (Lipinski definition) is 4. The van der Waals surface area contributed by atoms with Crippen molar-refractivity contribution < 1.29 is 0 Å². The topological polar surface area (TPSA) is 29.0 Å². The molecule has 0 amide bonds. The molecule has 1 aliphatic heterocycles. The zero-order valence-corrected chi connectivity index (χ0v) is 11.9. The van der Waals surface area contributed by atoms with E-state index in [1.807, 2.05) is 17.9 Å². The number of likely N-dealkylation sites (tertiary alicyclic amines) is 1. The highest BCUT2D eigenvalue weighted by atomic mass is 32.1. The first-order valence-electron chi connectivity index (χ1n) is 6.92. The normalized spacial score (nSPS) is 19.9. The molecule has 1 aliphatic rings. The Bertz CT molecular complexity index is 483. The summed E-state index contributed by atoms with van der Waals surface area (Å²) in [4.78, 5) is 11.1. The fourth-order valence-corrected chi connectivity index (χ4v) is 3.39. The van der Waals surface area contributed by atoms with Gasteiger partial charge in [0.1, 0.15) is 0 Å². The number of nitrogens with zero attached hydrogens (tertiary/aromatic N) is 3. The molecule has 3 nitrogen and oxygen atoms in total. The molecule has 2 aromatic rings. The van der Waals surface area contributed by atoms with Crippen LogP contribution in [0, 0.1) is 0 Å². The highest BCUT2D eigenvalue weighted by molar-refractivity contribution is 7.07. The van der Waals surface area contributed by atoms with Gasteiger partial charge in [0, 0.05) is 30.4 Å². The summed E-state index contributed by atoms with van der Waals surface area (Å²) in [6.07, 6.45) is 8.82. The minimum absolute atomic E-state index is 0.717. The van der Waals surface area contributed by atoms with Crippen LogP contribution in [-0.2, 0) is 13.0 Å². The van der Waals surface area contributed by atoms with Crippen molar-refractivity contribution >= 4 is 11.3 Å². The van der Waals surface area contributed by atoms with Gasteiger partial charge in [0.05, 0.1) is 11.2 Å². The third-order valence-corrected chi connectivity index (χ3v) is 4.50. The van der Waals surface area contributed by atoms with E-state index in [2.05, 4.69) is 32.4 Å². The number of aromatic nitrogens is 2. The van der Waals surface area contributed by atoms with Gasteiger partial charge in [0.2, 0.25) is 0 Å². The van der Waals surface area contributed by atoms with E-state index in [9.17, 15) is 0 Å². The van der Waals surface area contributed by atoms with Crippen LogP contribution in [0.3, 0.4) is 0 Å². The number of hydrogen-bond donors (Lipinski definition) is 0. The average Bonchev–Trinajstić information content (AvgIpc) is 3.10. The molecular formula is C15H19N3S. The molecule has 1 fully saturated rings. The molecule has 2 aromatic heterocycles. The largest absolute Gasteiger partial charge is 0.295 e. The molecule has 0 saturated carbocycles. The minimum Gasteiger partial charge on any atom is -0.295 e. The van der Waals surface area contributed by atoms with Gasteiger partial charge in [-0.25, -0.2) is 4.98 Å². The van der Waals surface area contributed by atoms with Crippen LogP contribution in [0.5, 0.6) is 0 Å². The highest BCUT2D eigenvalue weighted by Gasteiger charge is 2.24. The lowest BCUT2D eigenvalue weighted by Gasteiger charge is -2.23. The first-order chi connectivity index (χ1) is 9.42. The van der Waals surface area contributed by atoms with Gasteiger partial charge in [-0.05, 0) is 49.9 Å². The third kappa shape index (κ3) is 3.39. The van der Waals surface area contributed by atoms with Crippen LogP contribution in [0.1, 0.15) is 30.5 Å². The summed E-state index contributed by atoms with van der Waals surface area (Å²) in [6.45, 7) is 2.24. The Labute approximate surface area is 118 Å². The van der Waals surface area contributed by atoms with E-state index in [0.29, 0.717) is 0 Å². The number of rotatable bonds is 5. The molecule has 0 radical (unpaired) electrons. The Balaban J connectivity index is 1.55. The van der Waals surface area contributed by atoms with Crippen LogP contribution >= 0.6 is 11.3 Å². The summed E-state index contributed by atoms with van der Waals surface area (Å²) < 4.78 is 0. The van der Waals surface area contributed by atoms with Crippen molar-refractivity contribution in [1.29, 1.82) is 0 Å². The second kappa shape index (κ2) is 6.26. The summed E-state index contributed by atoms with van der Waals surface area (Å²) in [7, 11) is 0. The Morgan fingerprint density at radius 3 is 3.00 bits per heavy atom. The lowest BCUT2D eigenvalue weighted by Crippen LogP contribution is -2.29. The Morgan fingerprint density at radius 1 is 1.32 bits per heavy atom.